The Balaban J connectivity index is 1.94. The van der Waals surface area contributed by atoms with Crippen molar-refractivity contribution in [1.82, 2.24) is 0 Å². The maximum absolute atomic E-state index is 12.1. The Labute approximate surface area is 162 Å². The number of ether oxygens (including phenoxy) is 1. The van der Waals surface area contributed by atoms with Gasteiger partial charge in [-0.05, 0) is 38.2 Å². The molecule has 28 heavy (non-hydrogen) atoms. The van der Waals surface area contributed by atoms with Gasteiger partial charge in [0, 0.05) is 12.1 Å². The highest BCUT2D eigenvalue weighted by atomic mass is 16.6. The minimum atomic E-state index is -0.885. The van der Waals surface area contributed by atoms with Crippen LogP contribution >= 0.6 is 0 Å². The number of rotatable bonds is 8. The molecule has 0 bridgehead atoms. The maximum Gasteiger partial charge on any atom is 0.338 e. The molecule has 1 unspecified atom stereocenters. The van der Waals surface area contributed by atoms with Crippen molar-refractivity contribution < 1.29 is 24.5 Å². The Hall–Kier alpha value is -2.81. The summed E-state index contributed by atoms with van der Waals surface area (Å²) in [7, 11) is 0. The monoisotopic (exact) mass is 392 g/mol. The van der Waals surface area contributed by atoms with Crippen LogP contribution in [0.4, 0.5) is 11.4 Å². The highest BCUT2D eigenvalue weighted by molar-refractivity contribution is 5.91. The highest BCUT2D eigenvalue weighted by Crippen LogP contribution is 2.29. The van der Waals surface area contributed by atoms with E-state index in [1.165, 1.54) is 6.42 Å². The molecule has 9 nitrogen and oxygen atoms in total. The molecular weight excluding hydrogens is 368 g/mol. The molecule has 0 radical (unpaired) electrons. The average molecular weight is 392 g/mol. The molecule has 1 aliphatic rings. The summed E-state index contributed by atoms with van der Waals surface area (Å²) in [5, 5.41) is 32.1. The van der Waals surface area contributed by atoms with Gasteiger partial charge in [-0.2, -0.15) is 0 Å². The SMILES string of the molecule is C/C(=C/COC(=O)c1cc([N+](=O)[O-])cc([N+](=O)[O-])c1)CC(O)C1CCCCC1. The lowest BCUT2D eigenvalue weighted by Gasteiger charge is -2.26. The highest BCUT2D eigenvalue weighted by Gasteiger charge is 2.22. The van der Waals surface area contributed by atoms with Crippen LogP contribution in [-0.2, 0) is 4.74 Å². The first-order chi connectivity index (χ1) is 13.3. The summed E-state index contributed by atoms with van der Waals surface area (Å²) in [5.41, 5.74) is -0.489. The summed E-state index contributed by atoms with van der Waals surface area (Å²) in [4.78, 5) is 32.3. The van der Waals surface area contributed by atoms with E-state index in [4.69, 9.17) is 4.74 Å². The number of nitrogens with zero attached hydrogens (tertiary/aromatic N) is 2. The fourth-order valence-corrected chi connectivity index (χ4v) is 3.37. The minimum Gasteiger partial charge on any atom is -0.458 e. The minimum absolute atomic E-state index is 0.0848. The molecular formula is C19H24N2O7. The van der Waals surface area contributed by atoms with E-state index in [1.807, 2.05) is 6.92 Å². The van der Waals surface area contributed by atoms with Crippen molar-refractivity contribution in [1.29, 1.82) is 0 Å². The molecule has 0 aromatic heterocycles. The number of carbonyl (C=O) groups excluding carboxylic acids is 1. The summed E-state index contributed by atoms with van der Waals surface area (Å²) in [5.74, 6) is -0.589. The molecule has 2 rings (SSSR count). The van der Waals surface area contributed by atoms with Gasteiger partial charge in [0.05, 0.1) is 27.6 Å². The van der Waals surface area contributed by atoms with Crippen molar-refractivity contribution in [2.45, 2.75) is 51.6 Å². The first kappa shape index (κ1) is 21.5. The molecule has 0 amide bonds. The van der Waals surface area contributed by atoms with Crippen LogP contribution in [-0.4, -0.2) is 33.6 Å². The van der Waals surface area contributed by atoms with Crippen LogP contribution in [0.25, 0.3) is 0 Å². The zero-order valence-electron chi connectivity index (χ0n) is 15.7. The van der Waals surface area contributed by atoms with Crippen molar-refractivity contribution in [2.75, 3.05) is 6.61 Å². The van der Waals surface area contributed by atoms with Crippen LogP contribution in [0.2, 0.25) is 0 Å². The standard InChI is InChI=1S/C19H24N2O7/c1-13(9-18(22)14-5-3-2-4-6-14)7-8-28-19(23)15-10-16(20(24)25)12-17(11-15)21(26)27/h7,10-12,14,18,22H,2-6,8-9H2,1H3/b13-7-. The molecule has 1 atom stereocenters. The zero-order chi connectivity index (χ0) is 20.7. The van der Waals surface area contributed by atoms with Gasteiger partial charge in [0.25, 0.3) is 11.4 Å². The third-order valence-electron chi connectivity index (χ3n) is 4.93. The van der Waals surface area contributed by atoms with E-state index < -0.39 is 33.3 Å². The maximum atomic E-state index is 12.1. The van der Waals surface area contributed by atoms with Crippen LogP contribution in [0.15, 0.2) is 29.8 Å². The van der Waals surface area contributed by atoms with E-state index in [0.29, 0.717) is 12.3 Å². The smallest absolute Gasteiger partial charge is 0.338 e. The summed E-state index contributed by atoms with van der Waals surface area (Å²) < 4.78 is 5.05. The van der Waals surface area contributed by atoms with Crippen LogP contribution in [0.3, 0.4) is 0 Å². The van der Waals surface area contributed by atoms with Crippen LogP contribution in [0, 0.1) is 26.1 Å². The average Bonchev–Trinajstić information content (AvgIpc) is 2.68. The van der Waals surface area contributed by atoms with Crippen LogP contribution < -0.4 is 0 Å². The predicted octanol–water partition coefficient (Wildman–Crippen LogP) is 3.94. The second-order valence-corrected chi connectivity index (χ2v) is 7.07. The van der Waals surface area contributed by atoms with E-state index in [1.54, 1.807) is 6.08 Å². The van der Waals surface area contributed by atoms with Gasteiger partial charge < -0.3 is 9.84 Å². The molecule has 1 aromatic carbocycles. The number of carbonyl (C=O) groups is 1. The van der Waals surface area contributed by atoms with E-state index in [-0.39, 0.29) is 12.2 Å². The van der Waals surface area contributed by atoms with Crippen LogP contribution in [0.5, 0.6) is 0 Å². The Morgan fingerprint density at radius 3 is 2.29 bits per heavy atom. The van der Waals surface area contributed by atoms with Crippen LogP contribution in [0.1, 0.15) is 55.8 Å². The van der Waals surface area contributed by atoms with Crippen molar-refractivity contribution in [3.8, 4) is 0 Å². The Morgan fingerprint density at radius 2 is 1.75 bits per heavy atom. The Bertz CT molecular complexity index is 737. The summed E-state index contributed by atoms with van der Waals surface area (Å²) in [6.07, 6.45) is 7.26. The Kier molecular flexibility index (Phi) is 7.62. The molecule has 0 heterocycles. The number of aliphatic hydroxyl groups is 1. The number of nitro benzene ring substituents is 2. The van der Waals surface area contributed by atoms with Gasteiger partial charge in [-0.15, -0.1) is 0 Å². The number of nitro groups is 2. The van der Waals surface area contributed by atoms with Gasteiger partial charge in [-0.3, -0.25) is 20.2 Å². The quantitative estimate of drug-likeness (QED) is 0.306. The fourth-order valence-electron chi connectivity index (χ4n) is 3.37. The summed E-state index contributed by atoms with van der Waals surface area (Å²) in [6.45, 7) is 1.75. The molecule has 9 heteroatoms. The van der Waals surface area contributed by atoms with Gasteiger partial charge in [0.2, 0.25) is 0 Å². The Morgan fingerprint density at radius 1 is 1.18 bits per heavy atom. The molecule has 152 valence electrons. The number of esters is 1. The summed E-state index contributed by atoms with van der Waals surface area (Å²) >= 11 is 0. The lowest BCUT2D eigenvalue weighted by atomic mass is 9.83. The molecule has 0 saturated heterocycles. The normalized spacial score (nSPS) is 16.4. The zero-order valence-corrected chi connectivity index (χ0v) is 15.7. The lowest BCUT2D eigenvalue weighted by molar-refractivity contribution is -0.394. The number of aliphatic hydroxyl groups excluding tert-OH is 1. The molecule has 1 N–H and O–H groups in total. The van der Waals surface area contributed by atoms with Crippen molar-refractivity contribution >= 4 is 17.3 Å². The number of benzene rings is 1. The van der Waals surface area contributed by atoms with E-state index >= 15 is 0 Å². The fraction of sp³-hybridized carbons (Fsp3) is 0.526. The second-order valence-electron chi connectivity index (χ2n) is 7.07. The predicted molar refractivity (Wildman–Crippen MR) is 101 cm³/mol. The third kappa shape index (κ3) is 6.12. The topological polar surface area (TPSA) is 133 Å². The van der Waals surface area contributed by atoms with Gasteiger partial charge in [0.15, 0.2) is 0 Å². The van der Waals surface area contributed by atoms with Crippen molar-refractivity contribution in [3.05, 3.63) is 55.6 Å². The van der Waals surface area contributed by atoms with Crippen molar-refractivity contribution in [2.24, 2.45) is 5.92 Å². The van der Waals surface area contributed by atoms with E-state index in [2.05, 4.69) is 0 Å². The third-order valence-corrected chi connectivity index (χ3v) is 4.93. The lowest BCUT2D eigenvalue weighted by Crippen LogP contribution is -2.23. The van der Waals surface area contributed by atoms with Gasteiger partial charge in [0.1, 0.15) is 6.61 Å². The molecule has 1 aliphatic carbocycles. The largest absolute Gasteiger partial charge is 0.458 e. The molecule has 1 fully saturated rings. The first-order valence-electron chi connectivity index (χ1n) is 9.22. The number of hydrogen-bond donors (Lipinski definition) is 1. The number of non-ortho nitro benzene ring substituents is 2. The first-order valence-corrected chi connectivity index (χ1v) is 9.22. The molecule has 1 aromatic rings. The number of hydrogen-bond acceptors (Lipinski definition) is 7. The molecule has 0 spiro atoms. The van der Waals surface area contributed by atoms with Gasteiger partial charge in [-0.1, -0.05) is 24.8 Å². The van der Waals surface area contributed by atoms with E-state index in [0.717, 1.165) is 49.5 Å². The summed E-state index contributed by atoms with van der Waals surface area (Å²) in [6, 6.07) is 2.67. The molecule has 1 saturated carbocycles. The van der Waals surface area contributed by atoms with Gasteiger partial charge in [-0.25, -0.2) is 4.79 Å². The van der Waals surface area contributed by atoms with Gasteiger partial charge >= 0.3 is 5.97 Å². The van der Waals surface area contributed by atoms with Crippen molar-refractivity contribution in [3.63, 3.8) is 0 Å². The van der Waals surface area contributed by atoms with E-state index in [9.17, 15) is 30.1 Å². The second kappa shape index (κ2) is 9.93. The molecule has 0 aliphatic heterocycles.